The number of amides is 1. The first kappa shape index (κ1) is 21.1. The van der Waals surface area contributed by atoms with Crippen LogP contribution in [0.15, 0.2) is 59.8 Å². The van der Waals surface area contributed by atoms with Crippen LogP contribution in [0.2, 0.25) is 0 Å². The van der Waals surface area contributed by atoms with E-state index in [4.69, 9.17) is 10.6 Å². The lowest BCUT2D eigenvalue weighted by Crippen LogP contribution is -2.27. The normalized spacial score (nSPS) is 11.4. The molecule has 0 atom stereocenters. The maximum atomic E-state index is 12.0. The molecule has 0 bridgehead atoms. The van der Waals surface area contributed by atoms with Gasteiger partial charge in [0.15, 0.2) is 12.4 Å². The van der Waals surface area contributed by atoms with E-state index in [9.17, 15) is 4.79 Å². The number of aryl methyl sites for hydroxylation is 3. The lowest BCUT2D eigenvalue weighted by atomic mass is 10.1. The maximum Gasteiger partial charge on any atom is 0.261 e. The van der Waals surface area contributed by atoms with Crippen molar-refractivity contribution in [2.45, 2.75) is 33.9 Å². The summed E-state index contributed by atoms with van der Waals surface area (Å²) in [5.74, 6) is -0.0370. The number of oxime groups is 1. The number of rotatable bonds is 8. The molecular weight excluding hydrogens is 378 g/mol. The first-order valence-corrected chi connectivity index (χ1v) is 9.79. The van der Waals surface area contributed by atoms with E-state index in [0.717, 1.165) is 33.6 Å². The van der Waals surface area contributed by atoms with Gasteiger partial charge in [0.1, 0.15) is 0 Å². The molecule has 1 amide bonds. The summed E-state index contributed by atoms with van der Waals surface area (Å²) in [6.07, 6.45) is 0. The first-order chi connectivity index (χ1) is 14.4. The minimum atomic E-state index is -0.256. The second-order valence-electron chi connectivity index (χ2n) is 7.24. The summed E-state index contributed by atoms with van der Waals surface area (Å²) in [5, 5.41) is 11.2. The minimum Gasteiger partial charge on any atom is -0.384 e. The van der Waals surface area contributed by atoms with Crippen molar-refractivity contribution >= 4 is 11.7 Å². The van der Waals surface area contributed by atoms with Crippen LogP contribution >= 0.6 is 0 Å². The van der Waals surface area contributed by atoms with E-state index in [1.807, 2.05) is 80.1 Å². The maximum absolute atomic E-state index is 12.0. The van der Waals surface area contributed by atoms with Gasteiger partial charge in [-0.2, -0.15) is 5.10 Å². The summed E-state index contributed by atoms with van der Waals surface area (Å²) in [4.78, 5) is 17.1. The molecule has 3 rings (SSSR count). The molecule has 0 spiro atoms. The number of amidine groups is 1. The third kappa shape index (κ3) is 5.70. The number of carbonyl (C=O) groups is 1. The van der Waals surface area contributed by atoms with Crippen LogP contribution in [0.5, 0.6) is 0 Å². The zero-order chi connectivity index (χ0) is 21.5. The Kier molecular flexibility index (Phi) is 6.85. The van der Waals surface area contributed by atoms with Gasteiger partial charge in [0, 0.05) is 17.8 Å². The molecule has 0 radical (unpaired) electrons. The highest BCUT2D eigenvalue weighted by Gasteiger charge is 2.07. The van der Waals surface area contributed by atoms with Crippen molar-refractivity contribution in [3.05, 3.63) is 88.2 Å². The summed E-state index contributed by atoms with van der Waals surface area (Å²) < 4.78 is 1.94. The molecule has 0 fully saturated rings. The standard InChI is InChI=1S/C23H27N5O2/c1-16-7-4-5-9-21(16)13-25-22(29)15-30-27-23(24)20-10-6-8-19(12-20)14-28-18(3)11-17(2)26-28/h4-12H,13-15H2,1-3H3,(H2,24,27)(H,25,29). The summed E-state index contributed by atoms with van der Waals surface area (Å²) in [6, 6.07) is 17.6. The number of nitrogens with zero attached hydrogens (tertiary/aromatic N) is 3. The van der Waals surface area contributed by atoms with Gasteiger partial charge in [-0.3, -0.25) is 9.48 Å². The van der Waals surface area contributed by atoms with Crippen molar-refractivity contribution in [3.8, 4) is 0 Å². The summed E-state index contributed by atoms with van der Waals surface area (Å²) >= 11 is 0. The van der Waals surface area contributed by atoms with Crippen molar-refractivity contribution in [2.24, 2.45) is 10.9 Å². The fourth-order valence-corrected chi connectivity index (χ4v) is 3.10. The Hall–Kier alpha value is -3.61. The van der Waals surface area contributed by atoms with E-state index in [0.29, 0.717) is 13.1 Å². The van der Waals surface area contributed by atoms with Crippen molar-refractivity contribution in [3.63, 3.8) is 0 Å². The van der Waals surface area contributed by atoms with Gasteiger partial charge in [0.05, 0.1) is 12.2 Å². The molecule has 0 aliphatic heterocycles. The third-order valence-corrected chi connectivity index (χ3v) is 4.75. The first-order valence-electron chi connectivity index (χ1n) is 9.79. The lowest BCUT2D eigenvalue weighted by molar-refractivity contribution is -0.125. The van der Waals surface area contributed by atoms with Gasteiger partial charge >= 0.3 is 0 Å². The molecule has 0 unspecified atom stereocenters. The fourth-order valence-electron chi connectivity index (χ4n) is 3.10. The Morgan fingerprint density at radius 2 is 1.93 bits per heavy atom. The Morgan fingerprint density at radius 1 is 1.13 bits per heavy atom. The number of aromatic nitrogens is 2. The van der Waals surface area contributed by atoms with E-state index < -0.39 is 0 Å². The van der Waals surface area contributed by atoms with Crippen molar-refractivity contribution in [1.82, 2.24) is 15.1 Å². The molecule has 156 valence electrons. The summed E-state index contributed by atoms with van der Waals surface area (Å²) in [7, 11) is 0. The highest BCUT2D eigenvalue weighted by molar-refractivity contribution is 5.97. The van der Waals surface area contributed by atoms with E-state index in [1.165, 1.54) is 0 Å². The number of hydrogen-bond acceptors (Lipinski definition) is 4. The average molecular weight is 406 g/mol. The predicted molar refractivity (Wildman–Crippen MR) is 117 cm³/mol. The molecule has 0 aliphatic rings. The Balaban J connectivity index is 1.53. The number of carbonyl (C=O) groups excluding carboxylic acids is 1. The van der Waals surface area contributed by atoms with Crippen LogP contribution < -0.4 is 11.1 Å². The van der Waals surface area contributed by atoms with E-state index in [1.54, 1.807) is 0 Å². The molecule has 7 heteroatoms. The monoisotopic (exact) mass is 405 g/mol. The summed E-state index contributed by atoms with van der Waals surface area (Å²) in [5.41, 5.74) is 12.1. The largest absolute Gasteiger partial charge is 0.384 e. The van der Waals surface area contributed by atoms with Gasteiger partial charge < -0.3 is 15.9 Å². The molecule has 30 heavy (non-hydrogen) atoms. The fraction of sp³-hybridized carbons (Fsp3) is 0.261. The highest BCUT2D eigenvalue weighted by Crippen LogP contribution is 2.10. The molecule has 3 aromatic rings. The lowest BCUT2D eigenvalue weighted by Gasteiger charge is -2.08. The van der Waals surface area contributed by atoms with Crippen LogP contribution in [0, 0.1) is 20.8 Å². The second kappa shape index (κ2) is 9.73. The Morgan fingerprint density at radius 3 is 2.67 bits per heavy atom. The van der Waals surface area contributed by atoms with Crippen molar-refractivity contribution < 1.29 is 9.63 Å². The van der Waals surface area contributed by atoms with Crippen LogP contribution in [-0.4, -0.2) is 28.1 Å². The van der Waals surface area contributed by atoms with Crippen LogP contribution in [0.4, 0.5) is 0 Å². The number of nitrogens with one attached hydrogen (secondary N) is 1. The SMILES string of the molecule is Cc1cc(C)n(Cc2cccc(/C(N)=N/OCC(=O)NCc3ccccc3C)c2)n1. The van der Waals surface area contributed by atoms with Gasteiger partial charge in [-0.25, -0.2) is 0 Å². The number of benzene rings is 2. The summed E-state index contributed by atoms with van der Waals surface area (Å²) in [6.45, 7) is 6.89. The van der Waals surface area contributed by atoms with Crippen LogP contribution in [-0.2, 0) is 22.7 Å². The number of nitrogens with two attached hydrogens (primary N) is 1. The molecule has 7 nitrogen and oxygen atoms in total. The molecule has 3 N–H and O–H groups in total. The van der Waals surface area contributed by atoms with E-state index in [-0.39, 0.29) is 18.3 Å². The smallest absolute Gasteiger partial charge is 0.261 e. The van der Waals surface area contributed by atoms with Crippen LogP contribution in [0.3, 0.4) is 0 Å². The topological polar surface area (TPSA) is 94.5 Å². The molecule has 0 saturated heterocycles. The van der Waals surface area contributed by atoms with Crippen molar-refractivity contribution in [1.29, 1.82) is 0 Å². The molecular formula is C23H27N5O2. The molecule has 1 heterocycles. The van der Waals surface area contributed by atoms with Gasteiger partial charge in [0.2, 0.25) is 0 Å². The molecule has 0 saturated carbocycles. The zero-order valence-corrected chi connectivity index (χ0v) is 17.6. The Labute approximate surface area is 176 Å². The second-order valence-corrected chi connectivity index (χ2v) is 7.24. The zero-order valence-electron chi connectivity index (χ0n) is 17.6. The van der Waals surface area contributed by atoms with Crippen LogP contribution in [0.25, 0.3) is 0 Å². The van der Waals surface area contributed by atoms with E-state index >= 15 is 0 Å². The van der Waals surface area contributed by atoms with Gasteiger partial charge in [-0.05, 0) is 49.6 Å². The predicted octanol–water partition coefficient (Wildman–Crippen LogP) is 2.81. The van der Waals surface area contributed by atoms with Crippen molar-refractivity contribution in [2.75, 3.05) is 6.61 Å². The van der Waals surface area contributed by atoms with Crippen LogP contribution in [0.1, 0.15) is 33.6 Å². The highest BCUT2D eigenvalue weighted by atomic mass is 16.6. The molecule has 2 aromatic carbocycles. The minimum absolute atomic E-state index is 0.196. The quantitative estimate of drug-likeness (QED) is 0.342. The molecule has 1 aromatic heterocycles. The van der Waals surface area contributed by atoms with E-state index in [2.05, 4.69) is 15.6 Å². The van der Waals surface area contributed by atoms with Gasteiger partial charge in [0.25, 0.3) is 5.91 Å². The van der Waals surface area contributed by atoms with Gasteiger partial charge in [-0.15, -0.1) is 0 Å². The number of hydrogen-bond donors (Lipinski definition) is 2. The molecule has 0 aliphatic carbocycles. The average Bonchev–Trinajstić information content (AvgIpc) is 3.04. The Bertz CT molecular complexity index is 1060. The third-order valence-electron chi connectivity index (χ3n) is 4.75. The van der Waals surface area contributed by atoms with Gasteiger partial charge in [-0.1, -0.05) is 47.6 Å².